The summed E-state index contributed by atoms with van der Waals surface area (Å²) in [6.07, 6.45) is -7.29. The highest BCUT2D eigenvalue weighted by Crippen LogP contribution is 2.53. The number of hydrogen-bond donors (Lipinski definition) is 2. The zero-order chi connectivity index (χ0) is 24.4. The molecule has 32 heavy (non-hydrogen) atoms. The van der Waals surface area contributed by atoms with Gasteiger partial charge in [0.1, 0.15) is 0 Å². The second-order valence-corrected chi connectivity index (χ2v) is 8.84. The Bertz CT molecular complexity index is 1080. The van der Waals surface area contributed by atoms with Gasteiger partial charge in [0.15, 0.2) is 0 Å². The molecule has 0 saturated carbocycles. The summed E-state index contributed by atoms with van der Waals surface area (Å²) in [5.41, 5.74) is -0.167. The van der Waals surface area contributed by atoms with E-state index in [2.05, 4.69) is 10.1 Å². The first-order valence-electron chi connectivity index (χ1n) is 8.18. The number of halogens is 7. The van der Waals surface area contributed by atoms with E-state index in [1.165, 1.54) is 12.1 Å². The minimum Gasteiger partial charge on any atom is -0.453 e. The standard InChI is InChI=1S/C17H13F7N2O4S2/c1-30-14(27)25-10-5-7-13(8-6-10)32(28,29)26-11-3-2-4-12(9-11)31-17(23,24)15(18,19)16(20,21)22/h2-9,26H,1H3,(H,25,27). The van der Waals surface area contributed by atoms with Crippen LogP contribution in [0.4, 0.5) is 46.9 Å². The van der Waals surface area contributed by atoms with Gasteiger partial charge in [0, 0.05) is 16.3 Å². The number of carbonyl (C=O) groups is 1. The molecule has 15 heteroatoms. The second kappa shape index (κ2) is 9.05. The third-order valence-corrected chi connectivity index (χ3v) is 6.05. The Morgan fingerprint density at radius 3 is 2.06 bits per heavy atom. The predicted molar refractivity (Wildman–Crippen MR) is 102 cm³/mol. The summed E-state index contributed by atoms with van der Waals surface area (Å²) >= 11 is -1.06. The van der Waals surface area contributed by atoms with Crippen LogP contribution in [0.25, 0.3) is 0 Å². The average Bonchev–Trinajstić information content (AvgIpc) is 2.67. The van der Waals surface area contributed by atoms with Crippen LogP contribution in [0.2, 0.25) is 0 Å². The zero-order valence-corrected chi connectivity index (χ0v) is 17.3. The topological polar surface area (TPSA) is 84.5 Å². The molecule has 0 heterocycles. The van der Waals surface area contributed by atoms with Gasteiger partial charge in [0.25, 0.3) is 10.0 Å². The summed E-state index contributed by atoms with van der Waals surface area (Å²) in [4.78, 5) is 10.1. The molecule has 2 rings (SSSR count). The van der Waals surface area contributed by atoms with Gasteiger partial charge in [0.2, 0.25) is 0 Å². The largest absolute Gasteiger partial charge is 0.460 e. The van der Waals surface area contributed by atoms with Crippen molar-refractivity contribution in [2.75, 3.05) is 17.1 Å². The van der Waals surface area contributed by atoms with Crippen LogP contribution in [-0.4, -0.2) is 39.0 Å². The maximum absolute atomic E-state index is 13.6. The molecule has 0 aliphatic heterocycles. The molecule has 0 atom stereocenters. The molecule has 6 nitrogen and oxygen atoms in total. The molecule has 0 aliphatic carbocycles. The summed E-state index contributed by atoms with van der Waals surface area (Å²) in [6, 6.07) is 8.18. The molecule has 176 valence electrons. The Labute approximate surface area is 181 Å². The molecule has 0 radical (unpaired) electrons. The van der Waals surface area contributed by atoms with Crippen LogP contribution in [-0.2, 0) is 14.8 Å². The summed E-state index contributed by atoms with van der Waals surface area (Å²) in [5.74, 6) is -6.32. The third kappa shape index (κ3) is 5.76. The van der Waals surface area contributed by atoms with Crippen molar-refractivity contribution in [2.24, 2.45) is 0 Å². The van der Waals surface area contributed by atoms with E-state index in [9.17, 15) is 43.9 Å². The van der Waals surface area contributed by atoms with Gasteiger partial charge in [-0.05, 0) is 54.2 Å². The summed E-state index contributed by atoms with van der Waals surface area (Å²) in [6.45, 7) is 0. The highest BCUT2D eigenvalue weighted by molar-refractivity contribution is 8.00. The molecule has 2 aromatic rings. The lowest BCUT2D eigenvalue weighted by Crippen LogP contribution is -2.49. The lowest BCUT2D eigenvalue weighted by Gasteiger charge is -2.27. The van der Waals surface area contributed by atoms with Crippen LogP contribution < -0.4 is 10.0 Å². The number of rotatable bonds is 7. The molecule has 0 aliphatic rings. The fraction of sp³-hybridized carbons (Fsp3) is 0.235. The predicted octanol–water partition coefficient (Wildman–Crippen LogP) is 5.55. The molecule has 0 unspecified atom stereocenters. The van der Waals surface area contributed by atoms with E-state index in [-0.39, 0.29) is 16.3 Å². The van der Waals surface area contributed by atoms with E-state index in [1.807, 2.05) is 4.72 Å². The average molecular weight is 506 g/mol. The maximum Gasteiger partial charge on any atom is 0.460 e. The van der Waals surface area contributed by atoms with Crippen molar-refractivity contribution in [3.05, 3.63) is 48.5 Å². The number of thioether (sulfide) groups is 1. The smallest absolute Gasteiger partial charge is 0.453 e. The van der Waals surface area contributed by atoms with Gasteiger partial charge in [-0.2, -0.15) is 30.7 Å². The number of alkyl halides is 7. The fourth-order valence-corrected chi connectivity index (χ4v) is 4.02. The molecule has 0 saturated heterocycles. The molecule has 2 aromatic carbocycles. The highest BCUT2D eigenvalue weighted by atomic mass is 32.2. The van der Waals surface area contributed by atoms with Crippen LogP contribution in [0.3, 0.4) is 0 Å². The van der Waals surface area contributed by atoms with E-state index in [4.69, 9.17) is 0 Å². The van der Waals surface area contributed by atoms with Crippen LogP contribution in [0.5, 0.6) is 0 Å². The quantitative estimate of drug-likeness (QED) is 0.380. The van der Waals surface area contributed by atoms with Gasteiger partial charge in [-0.25, -0.2) is 13.2 Å². The second-order valence-electron chi connectivity index (χ2n) is 5.97. The fourth-order valence-electron chi connectivity index (χ4n) is 2.10. The van der Waals surface area contributed by atoms with Crippen molar-refractivity contribution in [1.82, 2.24) is 0 Å². The van der Waals surface area contributed by atoms with Gasteiger partial charge < -0.3 is 4.74 Å². The first-order chi connectivity index (χ1) is 14.6. The minimum atomic E-state index is -6.49. The molecule has 0 bridgehead atoms. The monoisotopic (exact) mass is 506 g/mol. The first kappa shape index (κ1) is 25.6. The molecule has 0 spiro atoms. The Hall–Kier alpha value is -2.68. The van der Waals surface area contributed by atoms with Crippen molar-refractivity contribution in [2.45, 2.75) is 27.1 Å². The Kier molecular flexibility index (Phi) is 7.24. The highest BCUT2D eigenvalue weighted by Gasteiger charge is 2.73. The number of methoxy groups -OCH3 is 1. The van der Waals surface area contributed by atoms with Gasteiger partial charge in [0.05, 0.1) is 12.0 Å². The lowest BCUT2D eigenvalue weighted by atomic mass is 10.3. The van der Waals surface area contributed by atoms with Crippen molar-refractivity contribution in [1.29, 1.82) is 0 Å². The summed E-state index contributed by atoms with van der Waals surface area (Å²) < 4.78 is 121. The third-order valence-electron chi connectivity index (χ3n) is 3.65. The number of anilines is 2. The van der Waals surface area contributed by atoms with Gasteiger partial charge in [-0.15, -0.1) is 0 Å². The SMILES string of the molecule is COC(=O)Nc1ccc(S(=O)(=O)Nc2cccc(SC(F)(F)C(F)(F)C(F)(F)F)c2)cc1. The number of hydrogen-bond acceptors (Lipinski definition) is 5. The number of ether oxygens (including phenoxy) is 1. The van der Waals surface area contributed by atoms with Gasteiger partial charge >= 0.3 is 23.4 Å². The summed E-state index contributed by atoms with van der Waals surface area (Å²) in [7, 11) is -3.18. The molecule has 2 N–H and O–H groups in total. The van der Waals surface area contributed by atoms with Crippen molar-refractivity contribution >= 4 is 39.3 Å². The van der Waals surface area contributed by atoms with Gasteiger partial charge in [-0.3, -0.25) is 10.0 Å². The normalized spacial score (nSPS) is 12.9. The molecule has 0 aromatic heterocycles. The van der Waals surface area contributed by atoms with Gasteiger partial charge in [-0.1, -0.05) is 6.07 Å². The van der Waals surface area contributed by atoms with Crippen molar-refractivity contribution in [3.8, 4) is 0 Å². The Morgan fingerprint density at radius 2 is 1.53 bits per heavy atom. The minimum absolute atomic E-state index is 0.196. The van der Waals surface area contributed by atoms with E-state index >= 15 is 0 Å². The van der Waals surface area contributed by atoms with Crippen LogP contribution in [0.15, 0.2) is 58.3 Å². The number of benzene rings is 2. The Balaban J connectivity index is 2.21. The van der Waals surface area contributed by atoms with Crippen LogP contribution in [0, 0.1) is 0 Å². The van der Waals surface area contributed by atoms with E-state index in [0.29, 0.717) is 6.07 Å². The summed E-state index contributed by atoms with van der Waals surface area (Å²) in [5, 5.41) is -3.27. The van der Waals surface area contributed by atoms with E-state index in [0.717, 1.165) is 37.4 Å². The maximum atomic E-state index is 13.6. The molecular formula is C17H13F7N2O4S2. The zero-order valence-electron chi connectivity index (χ0n) is 15.7. The van der Waals surface area contributed by atoms with E-state index < -0.39 is 50.1 Å². The number of nitrogens with one attached hydrogen (secondary N) is 2. The molecule has 1 amide bonds. The number of sulfonamides is 1. The van der Waals surface area contributed by atoms with E-state index in [1.54, 1.807) is 0 Å². The lowest BCUT2D eigenvalue weighted by molar-refractivity contribution is -0.330. The van der Waals surface area contributed by atoms with Crippen LogP contribution in [0.1, 0.15) is 0 Å². The number of amides is 1. The van der Waals surface area contributed by atoms with Crippen molar-refractivity contribution < 1.29 is 48.7 Å². The van der Waals surface area contributed by atoms with Crippen LogP contribution >= 0.6 is 11.8 Å². The molecular weight excluding hydrogens is 493 g/mol. The molecule has 0 fully saturated rings. The number of carbonyl (C=O) groups excluding carboxylic acids is 1. The van der Waals surface area contributed by atoms with Crippen molar-refractivity contribution in [3.63, 3.8) is 0 Å². The Morgan fingerprint density at radius 1 is 0.938 bits per heavy atom. The first-order valence-corrected chi connectivity index (χ1v) is 10.5.